The minimum atomic E-state index is -4.82. The summed E-state index contributed by atoms with van der Waals surface area (Å²) in [5, 5.41) is 0. The van der Waals surface area contributed by atoms with Gasteiger partial charge in [-0.05, 0) is 32.0 Å². The van der Waals surface area contributed by atoms with Gasteiger partial charge in [0.15, 0.2) is 5.75 Å². The Bertz CT molecular complexity index is 542. The molecule has 0 fully saturated rings. The number of carbonyl (C=O) groups excluding carboxylic acids is 1. The van der Waals surface area contributed by atoms with Gasteiger partial charge in [-0.1, -0.05) is 12.2 Å². The number of nitrogens with zero attached hydrogens (tertiary/aromatic N) is 1. The number of hydrogen-bond donors (Lipinski definition) is 1. The molecule has 0 saturated carbocycles. The molecular weight excluding hydrogens is 285 g/mol. The van der Waals surface area contributed by atoms with Crippen LogP contribution >= 0.6 is 0 Å². The van der Waals surface area contributed by atoms with Gasteiger partial charge in [-0.15, -0.1) is 13.2 Å². The molecule has 7 heteroatoms. The first kappa shape index (κ1) is 16.9. The highest BCUT2D eigenvalue weighted by molar-refractivity contribution is 5.95. The molecule has 1 amide bonds. The van der Waals surface area contributed by atoms with E-state index in [9.17, 15) is 18.0 Å². The minimum Gasteiger partial charge on any atom is -0.404 e. The van der Waals surface area contributed by atoms with Gasteiger partial charge in [0.2, 0.25) is 0 Å². The lowest BCUT2D eigenvalue weighted by Gasteiger charge is -2.21. The maximum Gasteiger partial charge on any atom is 0.573 e. The normalized spacial score (nSPS) is 11.1. The number of benzene rings is 1. The summed E-state index contributed by atoms with van der Waals surface area (Å²) in [5.41, 5.74) is 6.25. The van der Waals surface area contributed by atoms with Crippen LogP contribution in [-0.4, -0.2) is 30.3 Å². The fourth-order valence-corrected chi connectivity index (χ4v) is 1.73. The van der Waals surface area contributed by atoms with E-state index in [0.717, 1.165) is 11.6 Å². The van der Waals surface area contributed by atoms with Gasteiger partial charge in [0.1, 0.15) is 0 Å². The lowest BCUT2D eigenvalue weighted by atomic mass is 10.1. The minimum absolute atomic E-state index is 0.199. The van der Waals surface area contributed by atoms with E-state index >= 15 is 0 Å². The fourth-order valence-electron chi connectivity index (χ4n) is 1.73. The third-order valence-corrected chi connectivity index (χ3v) is 2.61. The zero-order valence-corrected chi connectivity index (χ0v) is 11.8. The topological polar surface area (TPSA) is 55.6 Å². The smallest absolute Gasteiger partial charge is 0.404 e. The van der Waals surface area contributed by atoms with Crippen molar-refractivity contribution in [1.29, 1.82) is 0 Å². The molecular formula is C14H17F3N2O2. The van der Waals surface area contributed by atoms with Gasteiger partial charge in [0, 0.05) is 18.7 Å². The Morgan fingerprint density at radius 1 is 1.43 bits per heavy atom. The van der Waals surface area contributed by atoms with Crippen molar-refractivity contribution in [1.82, 2.24) is 4.90 Å². The quantitative estimate of drug-likeness (QED) is 0.671. The molecule has 116 valence electrons. The van der Waals surface area contributed by atoms with Gasteiger partial charge in [-0.25, -0.2) is 0 Å². The summed E-state index contributed by atoms with van der Waals surface area (Å²) >= 11 is 0. The summed E-state index contributed by atoms with van der Waals surface area (Å²) in [7, 11) is 0. The maximum absolute atomic E-state index is 12.2. The zero-order valence-electron chi connectivity index (χ0n) is 11.8. The largest absolute Gasteiger partial charge is 0.573 e. The van der Waals surface area contributed by atoms with Crippen LogP contribution in [0, 0.1) is 0 Å². The van der Waals surface area contributed by atoms with Crippen LogP contribution < -0.4 is 10.5 Å². The second-order valence-electron chi connectivity index (χ2n) is 4.58. The van der Waals surface area contributed by atoms with E-state index in [4.69, 9.17) is 5.73 Å². The number of carbonyl (C=O) groups is 1. The average molecular weight is 302 g/mol. The van der Waals surface area contributed by atoms with Crippen LogP contribution in [0.15, 0.2) is 30.4 Å². The summed E-state index contributed by atoms with van der Waals surface area (Å²) in [5.74, 6) is -0.854. The number of alkyl halides is 3. The van der Waals surface area contributed by atoms with Gasteiger partial charge in [0.25, 0.3) is 5.91 Å². The summed E-state index contributed by atoms with van der Waals surface area (Å²) < 4.78 is 40.2. The van der Waals surface area contributed by atoms with E-state index in [1.807, 2.05) is 0 Å². The predicted molar refractivity (Wildman–Crippen MR) is 73.9 cm³/mol. The van der Waals surface area contributed by atoms with Crippen LogP contribution in [0.1, 0.15) is 24.2 Å². The van der Waals surface area contributed by atoms with Crippen molar-refractivity contribution < 1.29 is 22.7 Å². The van der Waals surface area contributed by atoms with Crippen LogP contribution in [0.25, 0.3) is 0 Å². The van der Waals surface area contributed by atoms with Crippen molar-refractivity contribution >= 4 is 11.6 Å². The standard InChI is InChI=1S/C14H17F3N2O2/c1-4-19(8-9(2)3)13(20)10-5-6-12(11(18)7-10)21-14(15,16)17/h5-7H,2,4,8,18H2,1,3H3. The third kappa shape index (κ3) is 5.02. The maximum atomic E-state index is 12.2. The van der Waals surface area contributed by atoms with E-state index in [-0.39, 0.29) is 17.2 Å². The molecule has 1 aromatic rings. The van der Waals surface area contributed by atoms with Crippen LogP contribution in [0.4, 0.5) is 18.9 Å². The number of anilines is 1. The van der Waals surface area contributed by atoms with Crippen LogP contribution in [0.2, 0.25) is 0 Å². The molecule has 0 atom stereocenters. The Balaban J connectivity index is 2.97. The van der Waals surface area contributed by atoms with Gasteiger partial charge < -0.3 is 15.4 Å². The van der Waals surface area contributed by atoms with Gasteiger partial charge in [-0.2, -0.15) is 0 Å². The van der Waals surface area contributed by atoms with Crippen molar-refractivity contribution in [2.24, 2.45) is 0 Å². The molecule has 2 N–H and O–H groups in total. The molecule has 0 saturated heterocycles. The molecule has 4 nitrogen and oxygen atoms in total. The number of rotatable bonds is 5. The number of likely N-dealkylation sites (N-methyl/N-ethyl adjacent to an activating group) is 1. The second-order valence-corrected chi connectivity index (χ2v) is 4.58. The molecule has 0 spiro atoms. The first-order chi connectivity index (χ1) is 9.64. The molecule has 0 heterocycles. The van der Waals surface area contributed by atoms with Crippen LogP contribution in [0.3, 0.4) is 0 Å². The summed E-state index contributed by atoms with van der Waals surface area (Å²) in [6.07, 6.45) is -4.82. The SMILES string of the molecule is C=C(C)CN(CC)C(=O)c1ccc(OC(F)(F)F)c(N)c1. The summed E-state index contributed by atoms with van der Waals surface area (Å²) in [6.45, 7) is 8.13. The third-order valence-electron chi connectivity index (χ3n) is 2.61. The first-order valence-electron chi connectivity index (χ1n) is 6.23. The molecule has 0 unspecified atom stereocenters. The van der Waals surface area contributed by atoms with Crippen LogP contribution in [0.5, 0.6) is 5.75 Å². The zero-order chi connectivity index (χ0) is 16.2. The van der Waals surface area contributed by atoms with E-state index in [0.29, 0.717) is 13.1 Å². The van der Waals surface area contributed by atoms with Crippen molar-refractivity contribution in [2.75, 3.05) is 18.8 Å². The number of nitrogen functional groups attached to an aromatic ring is 1. The Morgan fingerprint density at radius 3 is 2.48 bits per heavy atom. The monoisotopic (exact) mass is 302 g/mol. The van der Waals surface area contributed by atoms with Crippen molar-refractivity contribution in [3.05, 3.63) is 35.9 Å². The Morgan fingerprint density at radius 2 is 2.05 bits per heavy atom. The summed E-state index contributed by atoms with van der Waals surface area (Å²) in [4.78, 5) is 13.7. The van der Waals surface area contributed by atoms with Gasteiger partial charge in [0.05, 0.1) is 5.69 Å². The Hall–Kier alpha value is -2.18. The van der Waals surface area contributed by atoms with Gasteiger partial charge in [-0.3, -0.25) is 4.79 Å². The van der Waals surface area contributed by atoms with Crippen molar-refractivity contribution in [3.8, 4) is 5.75 Å². The molecule has 0 aliphatic carbocycles. The number of ether oxygens (including phenoxy) is 1. The Labute approximate surface area is 121 Å². The average Bonchev–Trinajstić information content (AvgIpc) is 2.35. The molecule has 1 rings (SSSR count). The molecule has 1 aromatic carbocycles. The molecule has 0 bridgehead atoms. The predicted octanol–water partition coefficient (Wildman–Crippen LogP) is 3.21. The highest BCUT2D eigenvalue weighted by Gasteiger charge is 2.32. The highest BCUT2D eigenvalue weighted by atomic mass is 19.4. The van der Waals surface area contributed by atoms with E-state index in [1.54, 1.807) is 13.8 Å². The lowest BCUT2D eigenvalue weighted by molar-refractivity contribution is -0.274. The first-order valence-corrected chi connectivity index (χ1v) is 6.23. The molecule has 0 radical (unpaired) electrons. The van der Waals surface area contributed by atoms with Crippen molar-refractivity contribution in [3.63, 3.8) is 0 Å². The fraction of sp³-hybridized carbons (Fsp3) is 0.357. The van der Waals surface area contributed by atoms with Crippen molar-refractivity contribution in [2.45, 2.75) is 20.2 Å². The van der Waals surface area contributed by atoms with E-state index < -0.39 is 12.1 Å². The molecule has 0 aromatic heterocycles. The number of amides is 1. The molecule has 0 aliphatic rings. The number of halogens is 3. The summed E-state index contributed by atoms with van der Waals surface area (Å²) in [6, 6.07) is 3.45. The highest BCUT2D eigenvalue weighted by Crippen LogP contribution is 2.29. The number of hydrogen-bond acceptors (Lipinski definition) is 3. The molecule has 0 aliphatic heterocycles. The lowest BCUT2D eigenvalue weighted by Crippen LogP contribution is -2.32. The second kappa shape index (κ2) is 6.51. The Kier molecular flexibility index (Phi) is 5.23. The van der Waals surface area contributed by atoms with E-state index in [2.05, 4.69) is 11.3 Å². The van der Waals surface area contributed by atoms with Crippen LogP contribution in [-0.2, 0) is 0 Å². The van der Waals surface area contributed by atoms with E-state index in [1.165, 1.54) is 17.0 Å². The number of nitrogens with two attached hydrogens (primary N) is 1. The molecule has 21 heavy (non-hydrogen) atoms. The van der Waals surface area contributed by atoms with Gasteiger partial charge >= 0.3 is 6.36 Å².